The molecule has 3 heteroatoms. The average molecular weight is 298 g/mol. The fourth-order valence-electron chi connectivity index (χ4n) is 2.14. The highest BCUT2D eigenvalue weighted by atomic mass is 35.5. The minimum Gasteiger partial charge on any atom is -0.475 e. The maximum absolute atomic E-state index is 5.96. The van der Waals surface area contributed by atoms with Crippen molar-refractivity contribution in [2.45, 2.75) is 77.7 Å². The van der Waals surface area contributed by atoms with E-state index in [1.165, 1.54) is 25.7 Å². The molecule has 0 N–H and O–H groups in total. The molecule has 0 saturated carbocycles. The van der Waals surface area contributed by atoms with Crippen LogP contribution in [0.1, 0.15) is 77.0 Å². The van der Waals surface area contributed by atoms with Crippen molar-refractivity contribution < 1.29 is 4.74 Å². The van der Waals surface area contributed by atoms with Gasteiger partial charge in [-0.15, -0.1) is 11.6 Å². The first-order valence-electron chi connectivity index (χ1n) is 7.80. The normalized spacial score (nSPS) is 12.7. The summed E-state index contributed by atoms with van der Waals surface area (Å²) in [6.45, 7) is 8.63. The van der Waals surface area contributed by atoms with Crippen LogP contribution in [-0.2, 0) is 5.88 Å². The summed E-state index contributed by atoms with van der Waals surface area (Å²) in [5.74, 6) is 1.61. The van der Waals surface area contributed by atoms with Crippen LogP contribution in [0.15, 0.2) is 12.1 Å². The number of hydrogen-bond acceptors (Lipinski definition) is 2. The molecule has 0 aliphatic rings. The van der Waals surface area contributed by atoms with Gasteiger partial charge in [-0.25, -0.2) is 4.98 Å². The third kappa shape index (κ3) is 6.13. The summed E-state index contributed by atoms with van der Waals surface area (Å²) in [6, 6.07) is 4.03. The van der Waals surface area contributed by atoms with E-state index in [9.17, 15) is 0 Å². The van der Waals surface area contributed by atoms with Crippen LogP contribution in [0.4, 0.5) is 0 Å². The van der Waals surface area contributed by atoms with Crippen molar-refractivity contribution in [2.24, 2.45) is 0 Å². The molecule has 0 bridgehead atoms. The Kier molecular flexibility index (Phi) is 7.98. The van der Waals surface area contributed by atoms with E-state index in [-0.39, 0.29) is 6.10 Å². The smallest absolute Gasteiger partial charge is 0.214 e. The van der Waals surface area contributed by atoms with Gasteiger partial charge in [0.25, 0.3) is 0 Å². The van der Waals surface area contributed by atoms with Gasteiger partial charge in [0.2, 0.25) is 5.88 Å². The van der Waals surface area contributed by atoms with Crippen molar-refractivity contribution in [3.05, 3.63) is 23.4 Å². The maximum atomic E-state index is 5.96. The number of nitrogens with zero attached hydrogens (tertiary/aromatic N) is 1. The Morgan fingerprint density at radius 1 is 1.15 bits per heavy atom. The number of ether oxygens (including phenoxy) is 1. The molecular formula is C17H28ClNO. The van der Waals surface area contributed by atoms with Gasteiger partial charge in [0.15, 0.2) is 0 Å². The zero-order valence-electron chi connectivity index (χ0n) is 13.3. The van der Waals surface area contributed by atoms with Gasteiger partial charge in [0.1, 0.15) is 0 Å². The number of alkyl halides is 1. The second kappa shape index (κ2) is 9.23. The van der Waals surface area contributed by atoms with E-state index in [0.717, 1.165) is 23.6 Å². The van der Waals surface area contributed by atoms with Gasteiger partial charge in [-0.2, -0.15) is 0 Å². The number of halogens is 1. The molecule has 1 atom stereocenters. The van der Waals surface area contributed by atoms with Gasteiger partial charge in [-0.05, 0) is 37.3 Å². The number of hydrogen-bond donors (Lipinski definition) is 0. The van der Waals surface area contributed by atoms with Crippen LogP contribution >= 0.6 is 11.6 Å². The van der Waals surface area contributed by atoms with E-state index in [4.69, 9.17) is 16.3 Å². The van der Waals surface area contributed by atoms with E-state index in [2.05, 4.69) is 38.7 Å². The Hall–Kier alpha value is -0.760. The maximum Gasteiger partial charge on any atom is 0.214 e. The predicted octanol–water partition coefficient (Wildman–Crippen LogP) is 5.68. The van der Waals surface area contributed by atoms with Gasteiger partial charge >= 0.3 is 0 Å². The monoisotopic (exact) mass is 297 g/mol. The van der Waals surface area contributed by atoms with E-state index >= 15 is 0 Å². The molecule has 1 heterocycles. The lowest BCUT2D eigenvalue weighted by atomic mass is 10.1. The highest BCUT2D eigenvalue weighted by Crippen LogP contribution is 2.21. The van der Waals surface area contributed by atoms with Crippen LogP contribution in [0.3, 0.4) is 0 Å². The highest BCUT2D eigenvalue weighted by Gasteiger charge is 2.10. The zero-order chi connectivity index (χ0) is 15.0. The van der Waals surface area contributed by atoms with Crippen molar-refractivity contribution in [2.75, 3.05) is 0 Å². The van der Waals surface area contributed by atoms with Crippen molar-refractivity contribution in [1.82, 2.24) is 4.98 Å². The summed E-state index contributed by atoms with van der Waals surface area (Å²) in [5.41, 5.74) is 2.13. The molecular weight excluding hydrogens is 270 g/mol. The van der Waals surface area contributed by atoms with Crippen LogP contribution in [0.25, 0.3) is 0 Å². The Labute approximate surface area is 128 Å². The second-order valence-corrected chi connectivity index (χ2v) is 6.07. The number of unbranched alkanes of at least 4 members (excludes halogenated alkanes) is 3. The Morgan fingerprint density at radius 2 is 1.90 bits per heavy atom. The van der Waals surface area contributed by atoms with Crippen molar-refractivity contribution >= 4 is 11.6 Å². The summed E-state index contributed by atoms with van der Waals surface area (Å²) >= 11 is 5.95. The molecule has 0 aromatic carbocycles. The number of rotatable bonds is 9. The first kappa shape index (κ1) is 17.3. The summed E-state index contributed by atoms with van der Waals surface area (Å²) in [5, 5.41) is 0. The second-order valence-electron chi connectivity index (χ2n) is 5.80. The molecule has 114 valence electrons. The van der Waals surface area contributed by atoms with Crippen LogP contribution in [0.5, 0.6) is 5.88 Å². The third-order valence-corrected chi connectivity index (χ3v) is 3.72. The summed E-state index contributed by atoms with van der Waals surface area (Å²) in [6.07, 6.45) is 6.39. The Morgan fingerprint density at radius 3 is 2.50 bits per heavy atom. The third-order valence-electron chi connectivity index (χ3n) is 3.41. The molecule has 0 fully saturated rings. The van der Waals surface area contributed by atoms with Gasteiger partial charge in [0.05, 0.1) is 6.10 Å². The molecule has 1 unspecified atom stereocenters. The van der Waals surface area contributed by atoms with Gasteiger partial charge in [-0.3, -0.25) is 0 Å². The SMILES string of the molecule is CCCCCCC(C)Oc1cc(CCl)cc(C(C)C)n1. The molecule has 0 aliphatic heterocycles. The van der Waals surface area contributed by atoms with Gasteiger partial charge < -0.3 is 4.74 Å². The largest absolute Gasteiger partial charge is 0.475 e. The topological polar surface area (TPSA) is 22.1 Å². The predicted molar refractivity (Wildman–Crippen MR) is 86.7 cm³/mol. The van der Waals surface area contributed by atoms with Crippen LogP contribution in [-0.4, -0.2) is 11.1 Å². The standard InChI is InChI=1S/C17H28ClNO/c1-5-6-7-8-9-14(4)20-17-11-15(12-18)10-16(19-17)13(2)3/h10-11,13-14H,5-9,12H2,1-4H3. The average Bonchev–Trinajstić information content (AvgIpc) is 2.43. The van der Waals surface area contributed by atoms with Crippen LogP contribution < -0.4 is 4.74 Å². The lowest BCUT2D eigenvalue weighted by Gasteiger charge is -2.16. The van der Waals surface area contributed by atoms with Crippen molar-refractivity contribution in [3.63, 3.8) is 0 Å². The Balaban J connectivity index is 2.59. The lowest BCUT2D eigenvalue weighted by molar-refractivity contribution is 0.197. The molecule has 0 saturated heterocycles. The highest BCUT2D eigenvalue weighted by molar-refractivity contribution is 6.17. The van der Waals surface area contributed by atoms with Gasteiger partial charge in [0, 0.05) is 17.6 Å². The molecule has 0 amide bonds. The molecule has 0 radical (unpaired) electrons. The Bertz CT molecular complexity index is 393. The summed E-state index contributed by atoms with van der Waals surface area (Å²) in [4.78, 5) is 4.58. The van der Waals surface area contributed by atoms with Crippen LogP contribution in [0.2, 0.25) is 0 Å². The van der Waals surface area contributed by atoms with Gasteiger partial charge in [-0.1, -0.05) is 40.0 Å². The molecule has 1 aromatic heterocycles. The minimum absolute atomic E-state index is 0.213. The molecule has 2 nitrogen and oxygen atoms in total. The first-order valence-corrected chi connectivity index (χ1v) is 8.33. The fraction of sp³-hybridized carbons (Fsp3) is 0.706. The number of pyridine rings is 1. The summed E-state index contributed by atoms with van der Waals surface area (Å²) in [7, 11) is 0. The molecule has 1 rings (SSSR count). The van der Waals surface area contributed by atoms with Crippen LogP contribution in [0, 0.1) is 0 Å². The minimum atomic E-state index is 0.213. The summed E-state index contributed by atoms with van der Waals surface area (Å²) < 4.78 is 5.96. The molecule has 0 spiro atoms. The lowest BCUT2D eigenvalue weighted by Crippen LogP contribution is -2.13. The fourth-order valence-corrected chi connectivity index (χ4v) is 2.29. The van der Waals surface area contributed by atoms with E-state index < -0.39 is 0 Å². The van der Waals surface area contributed by atoms with E-state index in [0.29, 0.717) is 11.8 Å². The van der Waals surface area contributed by atoms with Crippen molar-refractivity contribution in [1.29, 1.82) is 0 Å². The molecule has 1 aromatic rings. The molecule has 0 aliphatic carbocycles. The first-order chi connectivity index (χ1) is 9.56. The van der Waals surface area contributed by atoms with Crippen molar-refractivity contribution in [3.8, 4) is 5.88 Å². The van der Waals surface area contributed by atoms with E-state index in [1.807, 2.05) is 6.07 Å². The zero-order valence-corrected chi connectivity index (χ0v) is 14.0. The van der Waals surface area contributed by atoms with E-state index in [1.54, 1.807) is 0 Å². The quantitative estimate of drug-likeness (QED) is 0.432. The number of aromatic nitrogens is 1. The molecule has 20 heavy (non-hydrogen) atoms.